The van der Waals surface area contributed by atoms with Gasteiger partial charge in [-0.1, -0.05) is 85.0 Å². The minimum Gasteiger partial charge on any atom is -0.759 e. The first-order chi connectivity index (χ1) is 10.7. The predicted octanol–water partition coefficient (Wildman–Crippen LogP) is 4.22. The van der Waals surface area contributed by atoms with Gasteiger partial charge in [-0.3, -0.25) is 8.42 Å². The van der Waals surface area contributed by atoms with Gasteiger partial charge in [-0.05, 0) is 18.3 Å². The highest BCUT2D eigenvalue weighted by Crippen LogP contribution is 2.18. The molecule has 0 rings (SSSR count). The third-order valence-electron chi connectivity index (χ3n) is 4.01. The molecule has 0 aromatic heterocycles. The lowest BCUT2D eigenvalue weighted by atomic mass is 9.95. The molecule has 2 unspecified atom stereocenters. The monoisotopic (exact) mass is 352 g/mol. The Morgan fingerprint density at radius 2 is 1.13 bits per heavy atom. The summed E-state index contributed by atoms with van der Waals surface area (Å²) in [6, 6.07) is 0. The molecule has 0 aromatic carbocycles. The van der Waals surface area contributed by atoms with E-state index >= 15 is 0 Å². The first-order valence-corrected chi connectivity index (χ1v) is 10.3. The zero-order chi connectivity index (χ0) is 18.1. The molecule has 0 saturated carbocycles. The van der Waals surface area contributed by atoms with Crippen LogP contribution in [0.5, 0.6) is 0 Å². The second kappa shape index (κ2) is 16.7. The van der Waals surface area contributed by atoms with Gasteiger partial charge < -0.3 is 14.2 Å². The fourth-order valence-electron chi connectivity index (χ4n) is 2.49. The molecule has 0 aliphatic rings. The van der Waals surface area contributed by atoms with Crippen LogP contribution in [0.4, 0.5) is 0 Å². The highest BCUT2D eigenvalue weighted by Gasteiger charge is 2.02. The van der Waals surface area contributed by atoms with Crippen LogP contribution >= 0.6 is 0 Å². The molecule has 0 saturated heterocycles. The van der Waals surface area contributed by atoms with Gasteiger partial charge in [0.25, 0.3) is 0 Å². The van der Waals surface area contributed by atoms with Crippen molar-refractivity contribution in [2.45, 2.75) is 91.4 Å². The average Bonchev–Trinajstić information content (AvgIpc) is 2.45. The third-order valence-corrected chi connectivity index (χ3v) is 4.01. The van der Waals surface area contributed by atoms with Crippen LogP contribution in [0.1, 0.15) is 91.4 Å². The topological polar surface area (TPSA) is 100 Å². The molecule has 6 heteroatoms. The molecule has 0 fully saturated rings. The van der Waals surface area contributed by atoms with Crippen molar-refractivity contribution in [1.82, 2.24) is 0 Å². The summed E-state index contributed by atoms with van der Waals surface area (Å²) in [5, 5.41) is 8.93. The van der Waals surface area contributed by atoms with Crippen molar-refractivity contribution in [3.05, 3.63) is 0 Å². The summed E-state index contributed by atoms with van der Waals surface area (Å²) in [6.07, 6.45) is 15.1. The zero-order valence-corrected chi connectivity index (χ0v) is 15.9. The van der Waals surface area contributed by atoms with Crippen LogP contribution in [0.15, 0.2) is 0 Å². The third kappa shape index (κ3) is 30.3. The van der Waals surface area contributed by atoms with Crippen molar-refractivity contribution < 1.29 is 22.6 Å². The maximum Gasteiger partial charge on any atom is 0.0456 e. The van der Waals surface area contributed by atoms with Gasteiger partial charge in [0.1, 0.15) is 0 Å². The van der Waals surface area contributed by atoms with E-state index in [0.29, 0.717) is 12.5 Å². The van der Waals surface area contributed by atoms with Crippen molar-refractivity contribution in [3.63, 3.8) is 0 Å². The molecule has 0 aliphatic carbocycles. The predicted molar refractivity (Wildman–Crippen MR) is 92.3 cm³/mol. The molecular formula is C17H36O5S-2. The quantitative estimate of drug-likeness (QED) is 0.304. The van der Waals surface area contributed by atoms with Gasteiger partial charge in [-0.15, -0.1) is 0 Å². The van der Waals surface area contributed by atoms with Crippen LogP contribution < -0.4 is 0 Å². The van der Waals surface area contributed by atoms with E-state index in [2.05, 4.69) is 20.8 Å². The number of unbranched alkanes of at least 4 members (excludes halogenated alkanes) is 6. The van der Waals surface area contributed by atoms with Gasteiger partial charge in [0.2, 0.25) is 0 Å². The summed E-state index contributed by atoms with van der Waals surface area (Å²) in [7, 11) is -5.17. The van der Waals surface area contributed by atoms with E-state index in [4.69, 9.17) is 22.6 Å². The Bertz CT molecular complexity index is 322. The summed E-state index contributed by atoms with van der Waals surface area (Å²) in [6.45, 7) is 7.19. The second-order valence-corrected chi connectivity index (χ2v) is 7.46. The number of aliphatic hydroxyl groups is 1. The summed E-state index contributed by atoms with van der Waals surface area (Å²) in [5.41, 5.74) is 0. The standard InChI is InChI=1S/C17H36O.H2O4S/c1-4-5-6-9-12-16(2)13-10-7-8-11-14-17(3)15-18;1-5(2,3)4/h16-18H,4-15H2,1-3H3;(H2,1,2,3,4)/p-2. The lowest BCUT2D eigenvalue weighted by Gasteiger charge is -2.11. The van der Waals surface area contributed by atoms with Gasteiger partial charge in [0.05, 0.1) is 0 Å². The number of hydrogen-bond acceptors (Lipinski definition) is 5. The summed E-state index contributed by atoms with van der Waals surface area (Å²) in [4.78, 5) is 0. The molecule has 0 aliphatic heterocycles. The largest absolute Gasteiger partial charge is 0.759 e. The van der Waals surface area contributed by atoms with Crippen molar-refractivity contribution in [2.75, 3.05) is 6.61 Å². The van der Waals surface area contributed by atoms with Gasteiger partial charge in [0, 0.05) is 17.0 Å². The average molecular weight is 353 g/mol. The van der Waals surface area contributed by atoms with Crippen molar-refractivity contribution >= 4 is 10.4 Å². The van der Waals surface area contributed by atoms with Gasteiger partial charge in [0.15, 0.2) is 0 Å². The molecule has 0 amide bonds. The SMILES string of the molecule is CCCCCCC(C)CCCCCCC(C)CO.O=S(=O)([O-])[O-]. The first kappa shape index (κ1) is 25.1. The van der Waals surface area contributed by atoms with Gasteiger partial charge in [-0.2, -0.15) is 0 Å². The van der Waals surface area contributed by atoms with Gasteiger partial charge in [-0.25, -0.2) is 0 Å². The fraction of sp³-hybridized carbons (Fsp3) is 1.00. The Balaban J connectivity index is 0. The van der Waals surface area contributed by atoms with E-state index in [1.165, 1.54) is 70.6 Å². The number of hydrogen-bond donors (Lipinski definition) is 1. The smallest absolute Gasteiger partial charge is 0.0456 e. The van der Waals surface area contributed by atoms with E-state index in [1.807, 2.05) is 0 Å². The van der Waals surface area contributed by atoms with Crippen molar-refractivity contribution in [2.24, 2.45) is 11.8 Å². The highest BCUT2D eigenvalue weighted by atomic mass is 32.3. The molecule has 0 heterocycles. The number of rotatable bonds is 13. The Kier molecular flexibility index (Phi) is 18.2. The molecule has 0 radical (unpaired) electrons. The van der Waals surface area contributed by atoms with Crippen LogP contribution in [0.25, 0.3) is 0 Å². The van der Waals surface area contributed by atoms with E-state index < -0.39 is 10.4 Å². The molecule has 5 nitrogen and oxygen atoms in total. The van der Waals surface area contributed by atoms with Crippen LogP contribution in [-0.4, -0.2) is 29.2 Å². The van der Waals surface area contributed by atoms with E-state index in [9.17, 15) is 0 Å². The molecular weight excluding hydrogens is 316 g/mol. The molecule has 142 valence electrons. The minimum absolute atomic E-state index is 0.356. The Labute approximate surface area is 143 Å². The Morgan fingerprint density at radius 1 is 0.783 bits per heavy atom. The van der Waals surface area contributed by atoms with E-state index in [0.717, 1.165) is 5.92 Å². The second-order valence-electron chi connectivity index (χ2n) is 6.64. The zero-order valence-electron chi connectivity index (χ0n) is 15.1. The van der Waals surface area contributed by atoms with Crippen LogP contribution in [0.3, 0.4) is 0 Å². The van der Waals surface area contributed by atoms with Crippen LogP contribution in [-0.2, 0) is 10.4 Å². The highest BCUT2D eigenvalue weighted by molar-refractivity contribution is 7.79. The number of aliphatic hydroxyl groups excluding tert-OH is 1. The van der Waals surface area contributed by atoms with Crippen molar-refractivity contribution in [3.8, 4) is 0 Å². The van der Waals surface area contributed by atoms with E-state index in [1.54, 1.807) is 0 Å². The molecule has 23 heavy (non-hydrogen) atoms. The lowest BCUT2D eigenvalue weighted by Crippen LogP contribution is -2.00. The molecule has 0 bridgehead atoms. The maximum absolute atomic E-state index is 8.93. The van der Waals surface area contributed by atoms with Crippen molar-refractivity contribution in [1.29, 1.82) is 0 Å². The molecule has 0 aromatic rings. The van der Waals surface area contributed by atoms with Gasteiger partial charge >= 0.3 is 0 Å². The fourth-order valence-corrected chi connectivity index (χ4v) is 2.49. The molecule has 2 atom stereocenters. The normalized spacial score (nSPS) is 14.0. The van der Waals surface area contributed by atoms with E-state index in [-0.39, 0.29) is 0 Å². The lowest BCUT2D eigenvalue weighted by molar-refractivity contribution is 0.227. The summed E-state index contributed by atoms with van der Waals surface area (Å²) >= 11 is 0. The molecule has 0 spiro atoms. The Morgan fingerprint density at radius 3 is 1.48 bits per heavy atom. The van der Waals surface area contributed by atoms with Crippen LogP contribution in [0.2, 0.25) is 0 Å². The maximum atomic E-state index is 8.93. The van der Waals surface area contributed by atoms with Crippen LogP contribution in [0, 0.1) is 11.8 Å². The minimum atomic E-state index is -5.17. The summed E-state index contributed by atoms with van der Waals surface area (Å²) < 4.78 is 34.1. The molecule has 1 N–H and O–H groups in total. The summed E-state index contributed by atoms with van der Waals surface area (Å²) in [5.74, 6) is 1.43. The first-order valence-electron chi connectivity index (χ1n) is 8.98. The Hall–Kier alpha value is -0.170.